The molecule has 0 aromatic heterocycles. The fourth-order valence-corrected chi connectivity index (χ4v) is 1.41. The number of hydrogen-bond donors (Lipinski definition) is 1. The van der Waals surface area contributed by atoms with Gasteiger partial charge in [-0.2, -0.15) is 0 Å². The fraction of sp³-hybridized carbons (Fsp3) is 0.143. The van der Waals surface area contributed by atoms with Crippen molar-refractivity contribution in [3.8, 4) is 0 Å². The van der Waals surface area contributed by atoms with Gasteiger partial charge >= 0.3 is 0 Å². The van der Waals surface area contributed by atoms with Gasteiger partial charge in [0.2, 0.25) is 0 Å². The SMILES string of the molecule is Cc1ccc(S(N)(=O)([O-])[O-])cc1. The minimum atomic E-state index is -5.53. The Bertz CT molecular complexity index is 340. The number of benzene rings is 1. The number of rotatable bonds is 1. The maximum atomic E-state index is 10.8. The quantitative estimate of drug-likeness (QED) is 0.686. The van der Waals surface area contributed by atoms with Crippen LogP contribution in [0.5, 0.6) is 0 Å². The van der Waals surface area contributed by atoms with Crippen molar-refractivity contribution >= 4 is 9.81 Å². The van der Waals surface area contributed by atoms with Gasteiger partial charge < -0.3 is 9.11 Å². The monoisotopic (exact) mass is 187 g/mol. The van der Waals surface area contributed by atoms with Crippen LogP contribution in [0.25, 0.3) is 0 Å². The molecule has 0 saturated heterocycles. The van der Waals surface area contributed by atoms with Gasteiger partial charge in [-0.05, 0) is 19.1 Å². The zero-order valence-corrected chi connectivity index (χ0v) is 7.34. The average Bonchev–Trinajstić information content (AvgIpc) is 1.84. The molecule has 0 spiro atoms. The van der Waals surface area contributed by atoms with Gasteiger partial charge in [-0.3, -0.25) is 9.35 Å². The highest BCUT2D eigenvalue weighted by Crippen LogP contribution is 2.20. The molecular weight excluding hydrogens is 178 g/mol. The third kappa shape index (κ3) is 2.12. The molecule has 0 aliphatic carbocycles. The zero-order chi connectivity index (χ0) is 9.43. The Morgan fingerprint density at radius 1 is 1.25 bits per heavy atom. The van der Waals surface area contributed by atoms with Gasteiger partial charge in [0.15, 0.2) is 0 Å². The van der Waals surface area contributed by atoms with E-state index in [2.05, 4.69) is 5.14 Å². The first kappa shape index (κ1) is 9.34. The highest BCUT2D eigenvalue weighted by Gasteiger charge is 2.05. The standard InChI is InChI=1S/C7H11NO3S/c1-6-2-4-7(5-3-6)12(8,9,10)11/h2-5H,1H3,(H4,8,9,10,11)/p-2. The Morgan fingerprint density at radius 3 is 2.00 bits per heavy atom. The molecule has 0 amide bonds. The summed E-state index contributed by atoms with van der Waals surface area (Å²) in [5.41, 5.74) is 0.871. The molecule has 12 heavy (non-hydrogen) atoms. The molecular formula is C7H9NO3S-2. The molecule has 0 radical (unpaired) electrons. The van der Waals surface area contributed by atoms with Gasteiger partial charge in [-0.15, -0.1) is 9.81 Å². The van der Waals surface area contributed by atoms with Crippen molar-refractivity contribution in [2.75, 3.05) is 0 Å². The molecule has 0 unspecified atom stereocenters. The summed E-state index contributed by atoms with van der Waals surface area (Å²) in [4.78, 5) is -0.391. The second-order valence-corrected chi connectivity index (χ2v) is 4.87. The van der Waals surface area contributed by atoms with E-state index in [9.17, 15) is 13.3 Å². The summed E-state index contributed by atoms with van der Waals surface area (Å²) >= 11 is 0. The second kappa shape index (κ2) is 2.37. The fourth-order valence-electron chi connectivity index (χ4n) is 0.784. The van der Waals surface area contributed by atoms with E-state index < -0.39 is 14.7 Å². The summed E-state index contributed by atoms with van der Waals surface area (Å²) in [6.45, 7) is 1.78. The van der Waals surface area contributed by atoms with Gasteiger partial charge in [0.25, 0.3) is 0 Å². The van der Waals surface area contributed by atoms with Crippen molar-refractivity contribution in [3.05, 3.63) is 29.8 Å². The van der Waals surface area contributed by atoms with Crippen molar-refractivity contribution in [2.24, 2.45) is 5.14 Å². The van der Waals surface area contributed by atoms with Gasteiger partial charge in [0, 0.05) is 4.90 Å². The largest absolute Gasteiger partial charge is 0.785 e. The molecule has 0 bridgehead atoms. The third-order valence-electron chi connectivity index (χ3n) is 1.45. The van der Waals surface area contributed by atoms with Crippen LogP contribution in [0.4, 0.5) is 0 Å². The molecule has 0 heterocycles. The molecule has 0 fully saturated rings. The van der Waals surface area contributed by atoms with E-state index in [1.165, 1.54) is 24.3 Å². The zero-order valence-electron chi connectivity index (χ0n) is 6.52. The number of primary sulfonamides is 3. The Balaban J connectivity index is 3.24. The summed E-state index contributed by atoms with van der Waals surface area (Å²) in [6, 6.07) is 5.44. The van der Waals surface area contributed by atoms with E-state index >= 15 is 0 Å². The first-order valence-corrected chi connectivity index (χ1v) is 5.14. The molecule has 68 valence electrons. The maximum absolute atomic E-state index is 10.8. The van der Waals surface area contributed by atoms with E-state index in [-0.39, 0.29) is 0 Å². The van der Waals surface area contributed by atoms with Crippen molar-refractivity contribution in [1.82, 2.24) is 0 Å². The highest BCUT2D eigenvalue weighted by atomic mass is 32.3. The van der Waals surface area contributed by atoms with Crippen LogP contribution < -0.4 is 5.14 Å². The Morgan fingerprint density at radius 2 is 1.67 bits per heavy atom. The van der Waals surface area contributed by atoms with Crippen molar-refractivity contribution in [1.29, 1.82) is 0 Å². The smallest absolute Gasteiger partial charge is 0.00482 e. The van der Waals surface area contributed by atoms with Crippen LogP contribution in [-0.4, -0.2) is 13.3 Å². The van der Waals surface area contributed by atoms with Crippen molar-refractivity contribution < 1.29 is 13.3 Å². The van der Waals surface area contributed by atoms with E-state index in [0.29, 0.717) is 0 Å². The molecule has 0 aliphatic heterocycles. The molecule has 2 N–H and O–H groups in total. The molecule has 5 heteroatoms. The topological polar surface area (TPSA) is 89.2 Å². The van der Waals surface area contributed by atoms with E-state index in [0.717, 1.165) is 5.56 Å². The third-order valence-corrected chi connectivity index (χ3v) is 2.57. The van der Waals surface area contributed by atoms with Crippen LogP contribution in [0.3, 0.4) is 0 Å². The second-order valence-electron chi connectivity index (χ2n) is 2.67. The van der Waals surface area contributed by atoms with Crippen LogP contribution >= 0.6 is 0 Å². The van der Waals surface area contributed by atoms with Gasteiger partial charge in [0.05, 0.1) is 0 Å². The van der Waals surface area contributed by atoms with Crippen LogP contribution in [0.1, 0.15) is 5.56 Å². The lowest BCUT2D eigenvalue weighted by Gasteiger charge is -2.51. The van der Waals surface area contributed by atoms with E-state index in [4.69, 9.17) is 0 Å². The molecule has 0 aliphatic rings. The molecule has 1 rings (SSSR count). The van der Waals surface area contributed by atoms with Crippen molar-refractivity contribution in [3.63, 3.8) is 0 Å². The lowest BCUT2D eigenvalue weighted by Crippen LogP contribution is -2.41. The van der Waals surface area contributed by atoms with Crippen molar-refractivity contribution in [2.45, 2.75) is 11.8 Å². The summed E-state index contributed by atoms with van der Waals surface area (Å²) in [6.07, 6.45) is 0. The first-order valence-electron chi connectivity index (χ1n) is 3.26. The summed E-state index contributed by atoms with van der Waals surface area (Å²) in [7, 11) is -5.53. The van der Waals surface area contributed by atoms with E-state index in [1.807, 2.05) is 0 Å². The first-order chi connectivity index (χ1) is 5.26. The van der Waals surface area contributed by atoms with Crippen LogP contribution in [-0.2, 0) is 9.81 Å². The molecule has 0 atom stereocenters. The minimum absolute atomic E-state index is 0.391. The minimum Gasteiger partial charge on any atom is -0.785 e. The average molecular weight is 187 g/mol. The van der Waals surface area contributed by atoms with Crippen LogP contribution in [0, 0.1) is 6.92 Å². The van der Waals surface area contributed by atoms with Crippen LogP contribution in [0.2, 0.25) is 0 Å². The lowest BCUT2D eigenvalue weighted by atomic mass is 10.2. The Hall–Kier alpha value is -0.750. The predicted octanol–water partition coefficient (Wildman–Crippen LogP) is 0.309. The van der Waals surface area contributed by atoms with Gasteiger partial charge in [-0.1, -0.05) is 17.7 Å². The number of hydrogen-bond acceptors (Lipinski definition) is 3. The molecule has 0 saturated carbocycles. The number of sulfonamides is 3. The van der Waals surface area contributed by atoms with E-state index in [1.54, 1.807) is 6.92 Å². The number of aryl methyl sites for hydroxylation is 1. The highest BCUT2D eigenvalue weighted by molar-refractivity contribution is 8.08. The molecule has 1 aromatic carbocycles. The Labute approximate surface area is 70.6 Å². The van der Waals surface area contributed by atoms with Gasteiger partial charge in [-0.25, -0.2) is 0 Å². The lowest BCUT2D eigenvalue weighted by molar-refractivity contribution is 0.359. The molecule has 4 nitrogen and oxygen atoms in total. The predicted molar refractivity (Wildman–Crippen MR) is 43.3 cm³/mol. The molecule has 1 aromatic rings. The normalized spacial score (nSPS) is 15.2. The Kier molecular flexibility index (Phi) is 1.84. The maximum Gasteiger partial charge on any atom is 0.00482 e. The summed E-state index contributed by atoms with van der Waals surface area (Å²) in [5, 5.41) is 4.59. The summed E-state index contributed by atoms with van der Waals surface area (Å²) < 4.78 is 32.3. The van der Waals surface area contributed by atoms with Gasteiger partial charge in [0.1, 0.15) is 0 Å². The summed E-state index contributed by atoms with van der Waals surface area (Å²) in [5.74, 6) is 0. The number of nitrogens with two attached hydrogens (primary N) is 1. The van der Waals surface area contributed by atoms with Crippen LogP contribution in [0.15, 0.2) is 29.2 Å².